The normalized spacial score (nSPS) is 11.0. The number of halogens is 1. The third kappa shape index (κ3) is 5.53. The molecule has 5 heteroatoms. The largest absolute Gasteiger partial charge is 0.356 e. The van der Waals surface area contributed by atoms with Gasteiger partial charge >= 0.3 is 0 Å². The summed E-state index contributed by atoms with van der Waals surface area (Å²) in [6.07, 6.45) is 3.14. The highest BCUT2D eigenvalue weighted by atomic mass is 35.5. The van der Waals surface area contributed by atoms with Gasteiger partial charge in [-0.3, -0.25) is 9.48 Å². The number of fused-ring (bicyclic) bond motifs is 1. The van der Waals surface area contributed by atoms with Gasteiger partial charge in [-0.25, -0.2) is 0 Å². The van der Waals surface area contributed by atoms with Crippen molar-refractivity contribution in [1.82, 2.24) is 15.1 Å². The highest BCUT2D eigenvalue weighted by Gasteiger charge is 2.13. The Balaban J connectivity index is 1.32. The van der Waals surface area contributed by atoms with E-state index < -0.39 is 0 Å². The molecule has 0 spiro atoms. The van der Waals surface area contributed by atoms with E-state index in [0.717, 1.165) is 41.4 Å². The number of benzene rings is 3. The van der Waals surface area contributed by atoms with E-state index in [1.807, 2.05) is 59.3 Å². The highest BCUT2D eigenvalue weighted by molar-refractivity contribution is 6.31. The van der Waals surface area contributed by atoms with Crippen molar-refractivity contribution in [2.75, 3.05) is 6.54 Å². The summed E-state index contributed by atoms with van der Waals surface area (Å²) in [6.45, 7) is 1.39. The molecule has 1 heterocycles. The van der Waals surface area contributed by atoms with Gasteiger partial charge in [-0.15, -0.1) is 0 Å². The molecule has 3 aromatic carbocycles. The molecule has 0 fully saturated rings. The topological polar surface area (TPSA) is 46.9 Å². The molecule has 0 atom stereocenters. The highest BCUT2D eigenvalue weighted by Crippen LogP contribution is 2.30. The fourth-order valence-electron chi connectivity index (χ4n) is 3.77. The van der Waals surface area contributed by atoms with Crippen molar-refractivity contribution in [2.45, 2.75) is 32.2 Å². The Morgan fingerprint density at radius 1 is 0.935 bits per heavy atom. The quantitative estimate of drug-likeness (QED) is 0.336. The Morgan fingerprint density at radius 2 is 1.68 bits per heavy atom. The first kappa shape index (κ1) is 21.1. The molecule has 0 saturated heterocycles. The van der Waals surface area contributed by atoms with Crippen LogP contribution < -0.4 is 5.32 Å². The smallest absolute Gasteiger partial charge is 0.220 e. The average Bonchev–Trinajstić information content (AvgIpc) is 3.15. The second-order valence-electron chi connectivity index (χ2n) is 7.64. The van der Waals surface area contributed by atoms with E-state index in [9.17, 15) is 4.79 Å². The summed E-state index contributed by atoms with van der Waals surface area (Å²) in [4.78, 5) is 12.2. The van der Waals surface area contributed by atoms with Gasteiger partial charge in [-0.2, -0.15) is 5.10 Å². The van der Waals surface area contributed by atoms with Gasteiger partial charge in [-0.05, 0) is 43.0 Å². The molecule has 1 N–H and O–H groups in total. The first-order chi connectivity index (χ1) is 15.2. The molecule has 0 unspecified atom stereocenters. The van der Waals surface area contributed by atoms with Crippen molar-refractivity contribution < 1.29 is 4.79 Å². The molecule has 1 aromatic heterocycles. The predicted octanol–water partition coefficient (Wildman–Crippen LogP) is 5.89. The maximum Gasteiger partial charge on any atom is 0.220 e. The number of rotatable bonds is 9. The van der Waals surface area contributed by atoms with Crippen LogP contribution in [0.15, 0.2) is 78.9 Å². The number of nitrogens with one attached hydrogen (secondary N) is 1. The summed E-state index contributed by atoms with van der Waals surface area (Å²) in [5.41, 5.74) is 4.32. The van der Waals surface area contributed by atoms with Gasteiger partial charge in [0.1, 0.15) is 5.69 Å². The number of aryl methyl sites for hydroxylation is 2. The molecular formula is C26H26ClN3O. The van der Waals surface area contributed by atoms with Crippen molar-refractivity contribution in [3.05, 3.63) is 89.4 Å². The second kappa shape index (κ2) is 10.3. The van der Waals surface area contributed by atoms with Crippen LogP contribution in [-0.2, 0) is 17.8 Å². The number of carbonyl (C=O) groups is 1. The molecule has 0 aliphatic heterocycles. The first-order valence-corrected chi connectivity index (χ1v) is 11.1. The van der Waals surface area contributed by atoms with Crippen LogP contribution in [0.2, 0.25) is 5.02 Å². The molecule has 4 nitrogen and oxygen atoms in total. The maximum absolute atomic E-state index is 12.2. The molecule has 0 aliphatic carbocycles. The molecule has 158 valence electrons. The number of carbonyl (C=O) groups excluding carboxylic acids is 1. The Bertz CT molecular complexity index is 1140. The molecule has 0 bridgehead atoms. The van der Waals surface area contributed by atoms with Crippen LogP contribution in [0.25, 0.3) is 22.2 Å². The Morgan fingerprint density at radius 3 is 2.45 bits per heavy atom. The van der Waals surface area contributed by atoms with Crippen molar-refractivity contribution in [2.24, 2.45) is 0 Å². The fraction of sp³-hybridized carbons (Fsp3) is 0.231. The molecule has 0 aliphatic rings. The van der Waals surface area contributed by atoms with E-state index in [0.29, 0.717) is 24.5 Å². The van der Waals surface area contributed by atoms with Crippen molar-refractivity contribution in [3.8, 4) is 11.3 Å². The Hall–Kier alpha value is -3.11. The minimum absolute atomic E-state index is 0.0934. The number of hydrogen-bond acceptors (Lipinski definition) is 2. The van der Waals surface area contributed by atoms with E-state index in [2.05, 4.69) is 29.6 Å². The zero-order valence-corrected chi connectivity index (χ0v) is 18.2. The lowest BCUT2D eigenvalue weighted by atomic mass is 10.1. The van der Waals surface area contributed by atoms with Crippen molar-refractivity contribution in [1.29, 1.82) is 0 Å². The summed E-state index contributed by atoms with van der Waals surface area (Å²) in [7, 11) is 0. The minimum atomic E-state index is 0.0934. The van der Waals surface area contributed by atoms with Crippen LogP contribution >= 0.6 is 11.6 Å². The average molecular weight is 432 g/mol. The molecule has 1 amide bonds. The van der Waals surface area contributed by atoms with Gasteiger partial charge < -0.3 is 5.32 Å². The SMILES string of the molecule is O=C(CCCn1nc(-c2ccccc2)c2cc(Cl)ccc21)NCCCc1ccccc1. The summed E-state index contributed by atoms with van der Waals surface area (Å²) >= 11 is 6.24. The molecule has 31 heavy (non-hydrogen) atoms. The fourth-order valence-corrected chi connectivity index (χ4v) is 3.95. The van der Waals surface area contributed by atoms with Gasteiger partial charge in [0, 0.05) is 35.5 Å². The summed E-state index contributed by atoms with van der Waals surface area (Å²) in [5.74, 6) is 0.0934. The Labute approximate surface area is 187 Å². The van der Waals surface area contributed by atoms with Crippen LogP contribution in [0, 0.1) is 0 Å². The molecule has 4 rings (SSSR count). The van der Waals surface area contributed by atoms with Crippen molar-refractivity contribution >= 4 is 28.4 Å². The van der Waals surface area contributed by atoms with Crippen LogP contribution in [0.3, 0.4) is 0 Å². The first-order valence-electron chi connectivity index (χ1n) is 10.7. The number of nitrogens with zero attached hydrogens (tertiary/aromatic N) is 2. The summed E-state index contributed by atoms with van der Waals surface area (Å²) < 4.78 is 1.98. The molecule has 0 radical (unpaired) electrons. The third-order valence-electron chi connectivity index (χ3n) is 5.34. The number of hydrogen-bond donors (Lipinski definition) is 1. The van der Waals surface area contributed by atoms with Crippen LogP contribution in [0.5, 0.6) is 0 Å². The van der Waals surface area contributed by atoms with Gasteiger partial charge in [0.2, 0.25) is 5.91 Å². The molecule has 0 saturated carbocycles. The molecule has 4 aromatic rings. The Kier molecular flexibility index (Phi) is 7.00. The lowest BCUT2D eigenvalue weighted by Gasteiger charge is -2.06. The lowest BCUT2D eigenvalue weighted by molar-refractivity contribution is -0.121. The van der Waals surface area contributed by atoms with Crippen LogP contribution in [0.1, 0.15) is 24.8 Å². The monoisotopic (exact) mass is 431 g/mol. The van der Waals surface area contributed by atoms with Gasteiger partial charge in [0.25, 0.3) is 0 Å². The van der Waals surface area contributed by atoms with Gasteiger partial charge in [0.05, 0.1) is 5.52 Å². The zero-order chi connectivity index (χ0) is 21.5. The predicted molar refractivity (Wildman–Crippen MR) is 127 cm³/mol. The van der Waals surface area contributed by atoms with E-state index in [-0.39, 0.29) is 5.91 Å². The standard InChI is InChI=1S/C26H26ClN3O/c27-22-15-16-24-23(19-22)26(21-12-5-2-6-13-21)29-30(24)18-8-14-25(31)28-17-7-11-20-9-3-1-4-10-20/h1-6,9-10,12-13,15-16,19H,7-8,11,14,17-18H2,(H,28,31). The van der Waals surface area contributed by atoms with E-state index in [1.165, 1.54) is 5.56 Å². The van der Waals surface area contributed by atoms with E-state index in [4.69, 9.17) is 16.7 Å². The maximum atomic E-state index is 12.2. The number of amides is 1. The van der Waals surface area contributed by atoms with Gasteiger partial charge in [-0.1, -0.05) is 72.3 Å². The third-order valence-corrected chi connectivity index (χ3v) is 5.58. The summed E-state index contributed by atoms with van der Waals surface area (Å²) in [5, 5.41) is 9.59. The van der Waals surface area contributed by atoms with Gasteiger partial charge in [0.15, 0.2) is 0 Å². The molecular weight excluding hydrogens is 406 g/mol. The second-order valence-corrected chi connectivity index (χ2v) is 8.08. The lowest BCUT2D eigenvalue weighted by Crippen LogP contribution is -2.24. The zero-order valence-electron chi connectivity index (χ0n) is 17.4. The summed E-state index contributed by atoms with van der Waals surface area (Å²) in [6, 6.07) is 26.3. The van der Waals surface area contributed by atoms with Crippen LogP contribution in [0.4, 0.5) is 0 Å². The van der Waals surface area contributed by atoms with E-state index >= 15 is 0 Å². The minimum Gasteiger partial charge on any atom is -0.356 e. The van der Waals surface area contributed by atoms with Crippen molar-refractivity contribution in [3.63, 3.8) is 0 Å². The van der Waals surface area contributed by atoms with Crippen LogP contribution in [-0.4, -0.2) is 22.2 Å². The number of aromatic nitrogens is 2. The van der Waals surface area contributed by atoms with E-state index in [1.54, 1.807) is 0 Å².